The number of nitrogens with zero attached hydrogens (tertiary/aromatic N) is 1. The van der Waals surface area contributed by atoms with Crippen LogP contribution in [0.4, 0.5) is 0 Å². The first-order valence-electron chi connectivity index (χ1n) is 8.60. The van der Waals surface area contributed by atoms with Crippen LogP contribution in [0.1, 0.15) is 72.6 Å². The lowest BCUT2D eigenvalue weighted by Crippen LogP contribution is -2.47. The van der Waals surface area contributed by atoms with Gasteiger partial charge in [0.25, 0.3) is 0 Å². The summed E-state index contributed by atoms with van der Waals surface area (Å²) < 4.78 is 0. The second kappa shape index (κ2) is 6.93. The normalized spacial score (nSPS) is 30.1. The summed E-state index contributed by atoms with van der Waals surface area (Å²) in [7, 11) is 0. The summed E-state index contributed by atoms with van der Waals surface area (Å²) in [4.78, 5) is 15.0. The fourth-order valence-corrected chi connectivity index (χ4v) is 3.74. The van der Waals surface area contributed by atoms with Crippen LogP contribution in [0.2, 0.25) is 0 Å². The van der Waals surface area contributed by atoms with E-state index in [0.717, 1.165) is 0 Å². The number of carbonyl (C=O) groups excluding carboxylic acids is 1. The Balaban J connectivity index is 2.14. The number of amides is 1. The Bertz CT molecular complexity index is 319. The average Bonchev–Trinajstić information content (AvgIpc) is 2.67. The highest BCUT2D eigenvalue weighted by Crippen LogP contribution is 2.29. The van der Waals surface area contributed by atoms with Crippen molar-refractivity contribution >= 4 is 5.91 Å². The van der Waals surface area contributed by atoms with Crippen LogP contribution in [0.5, 0.6) is 0 Å². The van der Waals surface area contributed by atoms with Crippen molar-refractivity contribution in [2.45, 2.75) is 90.9 Å². The van der Waals surface area contributed by atoms with Gasteiger partial charge in [-0.3, -0.25) is 10.1 Å². The Morgan fingerprint density at radius 2 is 1.50 bits per heavy atom. The summed E-state index contributed by atoms with van der Waals surface area (Å²) in [6.45, 7) is 8.75. The summed E-state index contributed by atoms with van der Waals surface area (Å²) >= 11 is 0. The van der Waals surface area contributed by atoms with Crippen molar-refractivity contribution in [1.82, 2.24) is 10.2 Å². The molecule has 0 spiro atoms. The molecule has 1 aliphatic heterocycles. The minimum absolute atomic E-state index is 0.0211. The molecule has 1 aliphatic carbocycles. The third-order valence-corrected chi connectivity index (χ3v) is 4.94. The molecule has 2 unspecified atom stereocenters. The molecule has 1 saturated carbocycles. The standard InChI is InChI=1S/C17H32N2O/c1-12(2)15-17(20)19(16(18-15)13(3)4)14-10-8-6-5-7-9-11-14/h12-16,18H,5-11H2,1-4H3. The van der Waals surface area contributed by atoms with Gasteiger partial charge in [0, 0.05) is 6.04 Å². The molecule has 0 aromatic carbocycles. The predicted molar refractivity (Wildman–Crippen MR) is 83.3 cm³/mol. The molecule has 1 amide bonds. The predicted octanol–water partition coefficient (Wildman–Crippen LogP) is 3.54. The van der Waals surface area contributed by atoms with Crippen molar-refractivity contribution < 1.29 is 4.79 Å². The van der Waals surface area contributed by atoms with E-state index < -0.39 is 0 Å². The Labute approximate surface area is 124 Å². The van der Waals surface area contributed by atoms with Gasteiger partial charge in [-0.05, 0) is 24.7 Å². The number of carbonyl (C=O) groups is 1. The lowest BCUT2D eigenvalue weighted by atomic mass is 9.94. The Kier molecular flexibility index (Phi) is 5.48. The van der Waals surface area contributed by atoms with Crippen LogP contribution in [-0.2, 0) is 4.79 Å². The van der Waals surface area contributed by atoms with Gasteiger partial charge in [0.15, 0.2) is 0 Å². The molecule has 3 nitrogen and oxygen atoms in total. The van der Waals surface area contributed by atoms with Gasteiger partial charge in [-0.25, -0.2) is 0 Å². The maximum atomic E-state index is 12.8. The SMILES string of the molecule is CC(C)C1NC(C(C)C)N(C2CCCCCCC2)C1=O. The maximum absolute atomic E-state index is 12.8. The van der Waals surface area contributed by atoms with Crippen LogP contribution in [0.15, 0.2) is 0 Å². The van der Waals surface area contributed by atoms with E-state index in [0.29, 0.717) is 23.8 Å². The topological polar surface area (TPSA) is 32.3 Å². The van der Waals surface area contributed by atoms with Crippen LogP contribution in [0.3, 0.4) is 0 Å². The molecule has 0 aromatic heterocycles. The summed E-state index contributed by atoms with van der Waals surface area (Å²) in [5.74, 6) is 1.21. The number of hydrogen-bond donors (Lipinski definition) is 1. The minimum atomic E-state index is 0.0211. The van der Waals surface area contributed by atoms with E-state index in [1.165, 1.54) is 44.9 Å². The van der Waals surface area contributed by atoms with Crippen molar-refractivity contribution in [3.8, 4) is 0 Å². The first-order chi connectivity index (χ1) is 9.52. The van der Waals surface area contributed by atoms with E-state index in [2.05, 4.69) is 37.9 Å². The maximum Gasteiger partial charge on any atom is 0.241 e. The second-order valence-corrected chi connectivity index (χ2v) is 7.32. The zero-order valence-electron chi connectivity index (χ0n) is 13.7. The molecule has 2 rings (SSSR count). The van der Waals surface area contributed by atoms with Crippen molar-refractivity contribution in [2.75, 3.05) is 0 Å². The van der Waals surface area contributed by atoms with E-state index in [9.17, 15) is 4.79 Å². The zero-order chi connectivity index (χ0) is 14.7. The number of hydrogen-bond acceptors (Lipinski definition) is 2. The molecule has 116 valence electrons. The molecule has 1 saturated heterocycles. The van der Waals surface area contributed by atoms with Gasteiger partial charge in [0.2, 0.25) is 5.91 Å². The van der Waals surface area contributed by atoms with Gasteiger partial charge in [-0.1, -0.05) is 59.8 Å². The van der Waals surface area contributed by atoms with E-state index in [1.807, 2.05) is 0 Å². The first-order valence-corrected chi connectivity index (χ1v) is 8.60. The molecule has 1 N–H and O–H groups in total. The smallest absolute Gasteiger partial charge is 0.241 e. The fraction of sp³-hybridized carbons (Fsp3) is 0.941. The summed E-state index contributed by atoms with van der Waals surface area (Å²) in [5.41, 5.74) is 0. The summed E-state index contributed by atoms with van der Waals surface area (Å²) in [5, 5.41) is 3.60. The molecule has 0 radical (unpaired) electrons. The lowest BCUT2D eigenvalue weighted by molar-refractivity contribution is -0.134. The molecular weight excluding hydrogens is 248 g/mol. The van der Waals surface area contributed by atoms with Gasteiger partial charge in [0.1, 0.15) is 0 Å². The van der Waals surface area contributed by atoms with Gasteiger partial charge in [0.05, 0.1) is 12.2 Å². The quantitative estimate of drug-likeness (QED) is 0.857. The lowest BCUT2D eigenvalue weighted by Gasteiger charge is -2.35. The molecule has 0 bridgehead atoms. The van der Waals surface area contributed by atoms with Crippen LogP contribution >= 0.6 is 0 Å². The highest BCUT2D eigenvalue weighted by Gasteiger charge is 2.44. The van der Waals surface area contributed by atoms with Gasteiger partial charge < -0.3 is 4.90 Å². The van der Waals surface area contributed by atoms with E-state index in [1.54, 1.807) is 0 Å². The van der Waals surface area contributed by atoms with Crippen molar-refractivity contribution in [3.05, 3.63) is 0 Å². The highest BCUT2D eigenvalue weighted by atomic mass is 16.2. The van der Waals surface area contributed by atoms with E-state index in [4.69, 9.17) is 0 Å². The number of nitrogens with one attached hydrogen (secondary N) is 1. The average molecular weight is 280 g/mol. The molecular formula is C17H32N2O. The number of rotatable bonds is 3. The molecule has 0 aromatic rings. The monoisotopic (exact) mass is 280 g/mol. The van der Waals surface area contributed by atoms with Gasteiger partial charge >= 0.3 is 0 Å². The zero-order valence-corrected chi connectivity index (χ0v) is 13.7. The molecule has 2 aliphatic rings. The Hall–Kier alpha value is -0.570. The third-order valence-electron chi connectivity index (χ3n) is 4.94. The molecule has 2 atom stereocenters. The molecule has 3 heteroatoms. The minimum Gasteiger partial charge on any atom is -0.323 e. The van der Waals surface area contributed by atoms with Gasteiger partial charge in [-0.15, -0.1) is 0 Å². The largest absolute Gasteiger partial charge is 0.323 e. The fourth-order valence-electron chi connectivity index (χ4n) is 3.74. The third kappa shape index (κ3) is 3.36. The van der Waals surface area contributed by atoms with Crippen LogP contribution in [0, 0.1) is 11.8 Å². The van der Waals surface area contributed by atoms with Crippen LogP contribution in [-0.4, -0.2) is 29.1 Å². The molecule has 1 heterocycles. The Morgan fingerprint density at radius 1 is 0.950 bits per heavy atom. The van der Waals surface area contributed by atoms with E-state index >= 15 is 0 Å². The van der Waals surface area contributed by atoms with Crippen LogP contribution in [0.25, 0.3) is 0 Å². The summed E-state index contributed by atoms with van der Waals surface area (Å²) in [6.07, 6.45) is 9.25. The van der Waals surface area contributed by atoms with Crippen molar-refractivity contribution in [1.29, 1.82) is 0 Å². The van der Waals surface area contributed by atoms with Crippen molar-refractivity contribution in [3.63, 3.8) is 0 Å². The molecule has 20 heavy (non-hydrogen) atoms. The van der Waals surface area contributed by atoms with Gasteiger partial charge in [-0.2, -0.15) is 0 Å². The van der Waals surface area contributed by atoms with Crippen molar-refractivity contribution in [2.24, 2.45) is 11.8 Å². The van der Waals surface area contributed by atoms with E-state index in [-0.39, 0.29) is 12.2 Å². The second-order valence-electron chi connectivity index (χ2n) is 7.32. The Morgan fingerprint density at radius 3 is 2.00 bits per heavy atom. The molecule has 2 fully saturated rings. The first kappa shape index (κ1) is 15.8. The van der Waals surface area contributed by atoms with Crippen LogP contribution < -0.4 is 5.32 Å². The summed E-state index contributed by atoms with van der Waals surface area (Å²) in [6, 6.07) is 0.485. The highest BCUT2D eigenvalue weighted by molar-refractivity contribution is 5.85.